The van der Waals surface area contributed by atoms with Gasteiger partial charge in [-0.15, -0.1) is 0 Å². The normalized spacial score (nSPS) is 15.3. The van der Waals surface area contributed by atoms with E-state index in [4.69, 9.17) is 9.84 Å². The van der Waals surface area contributed by atoms with Gasteiger partial charge in [-0.25, -0.2) is 4.79 Å². The Labute approximate surface area is 105 Å². The van der Waals surface area contributed by atoms with Crippen molar-refractivity contribution in [2.45, 2.75) is 25.9 Å². The van der Waals surface area contributed by atoms with Crippen molar-refractivity contribution in [3.05, 3.63) is 35.4 Å². The number of ether oxygens (including phenoxy) is 1. The number of carbonyl (C=O) groups excluding carboxylic acids is 2. The Kier molecular flexibility index (Phi) is 3.58. The van der Waals surface area contributed by atoms with E-state index >= 15 is 0 Å². The van der Waals surface area contributed by atoms with Crippen LogP contribution in [0.2, 0.25) is 0 Å². The summed E-state index contributed by atoms with van der Waals surface area (Å²) < 4.78 is 5.13. The lowest BCUT2D eigenvalue weighted by Crippen LogP contribution is -2.23. The molecule has 0 saturated carbocycles. The Balaban J connectivity index is 2.37. The molecule has 1 N–H and O–H groups in total. The molecule has 18 heavy (non-hydrogen) atoms. The maximum atomic E-state index is 11.4. The highest BCUT2D eigenvalue weighted by atomic mass is 16.5. The van der Waals surface area contributed by atoms with Crippen molar-refractivity contribution < 1.29 is 19.4 Å². The fourth-order valence-corrected chi connectivity index (χ4v) is 1.98. The van der Waals surface area contributed by atoms with Crippen molar-refractivity contribution in [2.75, 3.05) is 0 Å². The summed E-state index contributed by atoms with van der Waals surface area (Å²) in [6.07, 6.45) is 2.97. The highest BCUT2D eigenvalue weighted by Gasteiger charge is 2.19. The van der Waals surface area contributed by atoms with Crippen LogP contribution in [-0.2, 0) is 16.0 Å². The van der Waals surface area contributed by atoms with E-state index in [2.05, 4.69) is 0 Å². The predicted octanol–water partition coefficient (Wildman–Crippen LogP) is 1.50. The smallest absolute Gasteiger partial charge is 0.340 e. The largest absolute Gasteiger partial charge is 0.424 e. The summed E-state index contributed by atoms with van der Waals surface area (Å²) in [6.45, 7) is 1.36. The summed E-state index contributed by atoms with van der Waals surface area (Å²) in [4.78, 5) is 22.3. The minimum absolute atomic E-state index is 0.422. The van der Waals surface area contributed by atoms with Crippen LogP contribution in [-0.4, -0.2) is 23.5 Å². The van der Waals surface area contributed by atoms with Crippen molar-refractivity contribution in [1.29, 1.82) is 0 Å². The number of benzene rings is 1. The van der Waals surface area contributed by atoms with Crippen LogP contribution in [0.1, 0.15) is 24.5 Å². The molecule has 4 heteroatoms. The fourth-order valence-electron chi connectivity index (χ4n) is 1.98. The molecule has 1 aromatic carbocycles. The number of carbonyl (C=O) groups is 2. The Bertz CT molecular complexity index is 515. The molecular weight excluding hydrogens is 232 g/mol. The van der Waals surface area contributed by atoms with Crippen LogP contribution in [0.25, 0.3) is 5.57 Å². The maximum Gasteiger partial charge on any atom is 0.340 e. The molecule has 0 amide bonds. The Morgan fingerprint density at radius 3 is 2.94 bits per heavy atom. The van der Waals surface area contributed by atoms with Gasteiger partial charge in [-0.1, -0.05) is 18.2 Å². The molecule has 0 heterocycles. The first-order valence-electron chi connectivity index (χ1n) is 5.81. The van der Waals surface area contributed by atoms with Crippen molar-refractivity contribution in [2.24, 2.45) is 0 Å². The van der Waals surface area contributed by atoms with E-state index in [9.17, 15) is 9.59 Å². The molecule has 0 aliphatic heterocycles. The Morgan fingerprint density at radius 1 is 1.50 bits per heavy atom. The van der Waals surface area contributed by atoms with Gasteiger partial charge in [0.05, 0.1) is 0 Å². The van der Waals surface area contributed by atoms with Crippen LogP contribution >= 0.6 is 0 Å². The highest BCUT2D eigenvalue weighted by molar-refractivity contribution is 6.08. The zero-order chi connectivity index (χ0) is 13.1. The third-order valence-corrected chi connectivity index (χ3v) is 2.88. The van der Waals surface area contributed by atoms with Crippen LogP contribution in [0.5, 0.6) is 5.75 Å². The monoisotopic (exact) mass is 246 g/mol. The quantitative estimate of drug-likeness (QED) is 0.498. The van der Waals surface area contributed by atoms with Gasteiger partial charge in [-0.2, -0.15) is 0 Å². The molecule has 1 aliphatic carbocycles. The number of rotatable bonds is 3. The number of aliphatic hydroxyl groups is 1. The minimum Gasteiger partial charge on any atom is -0.424 e. The van der Waals surface area contributed by atoms with Crippen molar-refractivity contribution in [3.8, 4) is 5.75 Å². The van der Waals surface area contributed by atoms with Crippen LogP contribution in [0.4, 0.5) is 0 Å². The van der Waals surface area contributed by atoms with Crippen molar-refractivity contribution in [3.63, 3.8) is 0 Å². The second-order valence-corrected chi connectivity index (χ2v) is 4.20. The second-order valence-electron chi connectivity index (χ2n) is 4.20. The third kappa shape index (κ3) is 2.33. The van der Waals surface area contributed by atoms with E-state index in [0.29, 0.717) is 11.3 Å². The van der Waals surface area contributed by atoms with Crippen LogP contribution in [0.3, 0.4) is 0 Å². The van der Waals surface area contributed by atoms with E-state index < -0.39 is 12.1 Å². The number of hydrogen-bond acceptors (Lipinski definition) is 4. The zero-order valence-corrected chi connectivity index (χ0v) is 10.1. The lowest BCUT2D eigenvalue weighted by Gasteiger charge is -2.18. The van der Waals surface area contributed by atoms with Crippen molar-refractivity contribution in [1.82, 2.24) is 0 Å². The summed E-state index contributed by atoms with van der Waals surface area (Å²) in [6, 6.07) is 5.23. The minimum atomic E-state index is -1.16. The van der Waals surface area contributed by atoms with Gasteiger partial charge in [0.25, 0.3) is 0 Å². The summed E-state index contributed by atoms with van der Waals surface area (Å²) in [5, 5.41) is 9.14. The molecule has 1 aromatic rings. The zero-order valence-electron chi connectivity index (χ0n) is 10.1. The molecule has 1 aliphatic rings. The molecule has 94 valence electrons. The van der Waals surface area contributed by atoms with Crippen molar-refractivity contribution >= 4 is 17.8 Å². The molecule has 1 unspecified atom stereocenters. The Hall–Kier alpha value is -1.94. The van der Waals surface area contributed by atoms with Gasteiger partial charge >= 0.3 is 5.97 Å². The molecular formula is C14H14O4. The maximum absolute atomic E-state index is 11.4. The number of esters is 1. The molecule has 0 saturated heterocycles. The fraction of sp³-hybridized carbons (Fsp3) is 0.286. The molecule has 4 nitrogen and oxygen atoms in total. The SMILES string of the molecule is CC(O)C(=O)Oc1cccc2c1CCC=C2C=O. The predicted molar refractivity (Wildman–Crippen MR) is 66.1 cm³/mol. The number of fused-ring (bicyclic) bond motifs is 1. The molecule has 2 rings (SSSR count). The van der Waals surface area contributed by atoms with Gasteiger partial charge in [-0.05, 0) is 31.4 Å². The van der Waals surface area contributed by atoms with Crippen LogP contribution in [0, 0.1) is 0 Å². The van der Waals surface area contributed by atoms with Crippen LogP contribution in [0.15, 0.2) is 24.3 Å². The summed E-state index contributed by atoms with van der Waals surface area (Å²) in [7, 11) is 0. The molecule has 0 bridgehead atoms. The first-order valence-corrected chi connectivity index (χ1v) is 5.81. The van der Waals surface area contributed by atoms with Gasteiger partial charge in [0, 0.05) is 11.1 Å². The topological polar surface area (TPSA) is 63.6 Å². The number of aldehydes is 1. The number of aliphatic hydroxyl groups excluding tert-OH is 1. The summed E-state index contributed by atoms with van der Waals surface area (Å²) in [5.74, 6) is -0.267. The van der Waals surface area contributed by atoms with Gasteiger partial charge in [-0.3, -0.25) is 4.79 Å². The molecule has 1 atom stereocenters. The average molecular weight is 246 g/mol. The average Bonchev–Trinajstić information content (AvgIpc) is 2.38. The first-order chi connectivity index (χ1) is 8.63. The molecule has 0 aromatic heterocycles. The van der Waals surface area contributed by atoms with E-state index in [1.807, 2.05) is 12.1 Å². The second kappa shape index (κ2) is 5.14. The Morgan fingerprint density at radius 2 is 2.28 bits per heavy atom. The standard InChI is InChI=1S/C14H14O4/c1-9(16)14(17)18-13-7-3-5-11-10(8-15)4-2-6-12(11)13/h3-5,7-9,16H,2,6H2,1H3. The summed E-state index contributed by atoms with van der Waals surface area (Å²) >= 11 is 0. The third-order valence-electron chi connectivity index (χ3n) is 2.88. The lowest BCUT2D eigenvalue weighted by molar-refractivity contribution is -0.142. The van der Waals surface area contributed by atoms with E-state index in [0.717, 1.165) is 30.3 Å². The van der Waals surface area contributed by atoms with Gasteiger partial charge in [0.15, 0.2) is 0 Å². The number of hydrogen-bond donors (Lipinski definition) is 1. The number of allylic oxidation sites excluding steroid dienone is 2. The van der Waals surface area contributed by atoms with Crippen LogP contribution < -0.4 is 4.74 Å². The van der Waals surface area contributed by atoms with Gasteiger partial charge < -0.3 is 9.84 Å². The van der Waals surface area contributed by atoms with E-state index in [1.54, 1.807) is 12.1 Å². The van der Waals surface area contributed by atoms with E-state index in [1.165, 1.54) is 6.92 Å². The highest BCUT2D eigenvalue weighted by Crippen LogP contribution is 2.32. The lowest BCUT2D eigenvalue weighted by atomic mass is 9.91. The molecule has 0 radical (unpaired) electrons. The van der Waals surface area contributed by atoms with E-state index in [-0.39, 0.29) is 0 Å². The van der Waals surface area contributed by atoms with Gasteiger partial charge in [0.2, 0.25) is 0 Å². The summed E-state index contributed by atoms with van der Waals surface area (Å²) in [5.41, 5.74) is 2.26. The molecule has 0 spiro atoms. The molecule has 0 fully saturated rings. The first kappa shape index (κ1) is 12.5. The van der Waals surface area contributed by atoms with Gasteiger partial charge in [0.1, 0.15) is 18.1 Å².